The van der Waals surface area contributed by atoms with Crippen LogP contribution in [0.1, 0.15) is 19.8 Å². The van der Waals surface area contributed by atoms with Crippen molar-refractivity contribution < 1.29 is 13.2 Å². The van der Waals surface area contributed by atoms with E-state index in [0.29, 0.717) is 12.1 Å². The van der Waals surface area contributed by atoms with Crippen LogP contribution < -0.4 is 10.0 Å². The van der Waals surface area contributed by atoms with Crippen LogP contribution in [0.15, 0.2) is 30.6 Å². The first-order valence-corrected chi connectivity index (χ1v) is 8.36. The van der Waals surface area contributed by atoms with Gasteiger partial charge in [0.1, 0.15) is 0 Å². The van der Waals surface area contributed by atoms with Crippen LogP contribution >= 0.6 is 0 Å². The molecule has 2 rings (SSSR count). The van der Waals surface area contributed by atoms with Crippen LogP contribution in [0.5, 0.6) is 0 Å². The molecule has 0 atom stereocenters. The molecule has 7 nitrogen and oxygen atoms in total. The summed E-state index contributed by atoms with van der Waals surface area (Å²) < 4.78 is 28.0. The molecular formula is C13H18N4O3S. The van der Waals surface area contributed by atoms with E-state index in [1.165, 1.54) is 0 Å². The zero-order chi connectivity index (χ0) is 15.3. The molecule has 21 heavy (non-hydrogen) atoms. The predicted octanol–water partition coefficient (Wildman–Crippen LogP) is 0.992. The average molecular weight is 310 g/mol. The maximum Gasteiger partial charge on any atom is 0.234 e. The van der Waals surface area contributed by atoms with Crippen LogP contribution in [0, 0.1) is 0 Å². The lowest BCUT2D eigenvalue weighted by molar-refractivity contribution is -0.120. The van der Waals surface area contributed by atoms with E-state index in [2.05, 4.69) is 15.1 Å². The van der Waals surface area contributed by atoms with E-state index in [-0.39, 0.29) is 18.2 Å². The van der Waals surface area contributed by atoms with E-state index in [0.717, 1.165) is 11.9 Å². The highest BCUT2D eigenvalue weighted by molar-refractivity contribution is 7.92. The second-order valence-corrected chi connectivity index (χ2v) is 6.48. The molecule has 2 heterocycles. The summed E-state index contributed by atoms with van der Waals surface area (Å²) in [7, 11) is -3.49. The van der Waals surface area contributed by atoms with Crippen molar-refractivity contribution in [2.24, 2.45) is 0 Å². The minimum absolute atomic E-state index is 0.100. The summed E-state index contributed by atoms with van der Waals surface area (Å²) in [6.07, 6.45) is 4.46. The minimum atomic E-state index is -3.49. The Morgan fingerprint density at radius 2 is 2.19 bits per heavy atom. The molecule has 0 fully saturated rings. The van der Waals surface area contributed by atoms with Gasteiger partial charge in [-0.1, -0.05) is 6.92 Å². The number of aromatic nitrogens is 2. The summed E-state index contributed by atoms with van der Waals surface area (Å²) in [5, 5.41) is 6.61. The van der Waals surface area contributed by atoms with Gasteiger partial charge in [0.25, 0.3) is 0 Å². The average Bonchev–Trinajstić information content (AvgIpc) is 2.85. The highest BCUT2D eigenvalue weighted by Gasteiger charge is 2.11. The lowest BCUT2D eigenvalue weighted by Gasteiger charge is -2.09. The van der Waals surface area contributed by atoms with Gasteiger partial charge in [-0.05, 0) is 24.6 Å². The first-order valence-electron chi connectivity index (χ1n) is 6.71. The second-order valence-electron chi connectivity index (χ2n) is 4.64. The van der Waals surface area contributed by atoms with Gasteiger partial charge in [0.2, 0.25) is 15.9 Å². The molecule has 0 aromatic carbocycles. The number of pyridine rings is 1. The quantitative estimate of drug-likeness (QED) is 0.797. The molecule has 0 unspecified atom stereocenters. The van der Waals surface area contributed by atoms with Gasteiger partial charge < -0.3 is 5.32 Å². The Morgan fingerprint density at radius 3 is 2.95 bits per heavy atom. The summed E-state index contributed by atoms with van der Waals surface area (Å²) in [6.45, 7) is 1.99. The third kappa shape index (κ3) is 4.45. The van der Waals surface area contributed by atoms with Crippen molar-refractivity contribution in [3.05, 3.63) is 30.6 Å². The predicted molar refractivity (Wildman–Crippen MR) is 80.5 cm³/mol. The molecular weight excluding hydrogens is 292 g/mol. The number of nitrogens with zero attached hydrogens (tertiary/aromatic N) is 2. The van der Waals surface area contributed by atoms with Gasteiger partial charge in [-0.15, -0.1) is 0 Å². The fraction of sp³-hybridized carbons (Fsp3) is 0.385. The lowest BCUT2D eigenvalue weighted by Crippen LogP contribution is -2.30. The number of anilines is 1. The van der Waals surface area contributed by atoms with Gasteiger partial charge >= 0.3 is 0 Å². The normalized spacial score (nSPS) is 11.5. The standard InChI is InChI=1S/C13H18N4O3S/c1-2-3-13(18)14-7-9-21(19,20)16-11-5-8-17-12(10-11)4-6-15-17/h4-6,8,10,16H,2-3,7,9H2,1H3,(H,14,18). The molecule has 0 aliphatic carbocycles. The molecule has 2 aromatic rings. The summed E-state index contributed by atoms with van der Waals surface area (Å²) in [5.74, 6) is -0.291. The van der Waals surface area contributed by atoms with Crippen molar-refractivity contribution in [3.8, 4) is 0 Å². The van der Waals surface area contributed by atoms with Crippen molar-refractivity contribution in [2.45, 2.75) is 19.8 Å². The van der Waals surface area contributed by atoms with Gasteiger partial charge in [-0.25, -0.2) is 12.9 Å². The highest BCUT2D eigenvalue weighted by atomic mass is 32.2. The summed E-state index contributed by atoms with van der Waals surface area (Å²) in [5.41, 5.74) is 1.27. The monoisotopic (exact) mass is 310 g/mol. The van der Waals surface area contributed by atoms with E-state index < -0.39 is 10.0 Å². The number of nitrogens with one attached hydrogen (secondary N) is 2. The molecule has 1 amide bonds. The fourth-order valence-corrected chi connectivity index (χ4v) is 2.81. The van der Waals surface area contributed by atoms with Crippen LogP contribution in [0.3, 0.4) is 0 Å². The zero-order valence-electron chi connectivity index (χ0n) is 11.7. The first-order chi connectivity index (χ1) is 10.00. The molecule has 114 valence electrons. The number of carbonyl (C=O) groups is 1. The Hall–Kier alpha value is -2.09. The van der Waals surface area contributed by atoms with E-state index >= 15 is 0 Å². The zero-order valence-corrected chi connectivity index (χ0v) is 12.6. The Bertz CT molecular complexity index is 724. The summed E-state index contributed by atoms with van der Waals surface area (Å²) in [6, 6.07) is 5.11. The molecule has 0 aliphatic heterocycles. The minimum Gasteiger partial charge on any atom is -0.355 e. The topological polar surface area (TPSA) is 92.6 Å². The number of hydrogen-bond acceptors (Lipinski definition) is 4. The van der Waals surface area contributed by atoms with Crippen LogP contribution in [0.2, 0.25) is 0 Å². The number of amides is 1. The fourth-order valence-electron chi connectivity index (χ4n) is 1.86. The third-order valence-electron chi connectivity index (χ3n) is 2.84. The van der Waals surface area contributed by atoms with E-state index in [1.54, 1.807) is 35.1 Å². The maximum absolute atomic E-state index is 11.9. The molecule has 0 radical (unpaired) electrons. The van der Waals surface area contributed by atoms with Crippen molar-refractivity contribution in [1.82, 2.24) is 14.9 Å². The van der Waals surface area contributed by atoms with Crippen LogP contribution in [0.25, 0.3) is 5.52 Å². The Kier molecular flexibility index (Phi) is 4.79. The summed E-state index contributed by atoms with van der Waals surface area (Å²) >= 11 is 0. The molecule has 0 aliphatic rings. The number of rotatable bonds is 7. The SMILES string of the molecule is CCCC(=O)NCCS(=O)(=O)Nc1ccn2nccc2c1. The van der Waals surface area contributed by atoms with Gasteiger partial charge in [-0.2, -0.15) is 5.10 Å². The third-order valence-corrected chi connectivity index (χ3v) is 4.13. The first kappa shape index (κ1) is 15.3. The second kappa shape index (κ2) is 6.57. The Balaban J connectivity index is 1.92. The molecule has 0 bridgehead atoms. The van der Waals surface area contributed by atoms with Crippen molar-refractivity contribution in [1.29, 1.82) is 0 Å². The van der Waals surface area contributed by atoms with Crippen molar-refractivity contribution in [2.75, 3.05) is 17.0 Å². The van der Waals surface area contributed by atoms with Crippen molar-refractivity contribution >= 4 is 27.1 Å². The molecule has 0 saturated carbocycles. The van der Waals surface area contributed by atoms with Gasteiger partial charge in [-0.3, -0.25) is 9.52 Å². The van der Waals surface area contributed by atoms with E-state index in [9.17, 15) is 13.2 Å². The van der Waals surface area contributed by atoms with Gasteiger partial charge in [0, 0.05) is 25.4 Å². The number of fused-ring (bicyclic) bond motifs is 1. The Morgan fingerprint density at radius 1 is 1.38 bits per heavy atom. The maximum atomic E-state index is 11.9. The van der Waals surface area contributed by atoms with Crippen molar-refractivity contribution in [3.63, 3.8) is 0 Å². The largest absolute Gasteiger partial charge is 0.355 e. The molecule has 8 heteroatoms. The van der Waals surface area contributed by atoms with Crippen LogP contribution in [0.4, 0.5) is 5.69 Å². The summed E-state index contributed by atoms with van der Waals surface area (Å²) in [4.78, 5) is 11.3. The lowest BCUT2D eigenvalue weighted by atomic mass is 10.3. The van der Waals surface area contributed by atoms with E-state index in [1.807, 2.05) is 6.92 Å². The molecule has 0 spiro atoms. The molecule has 2 N–H and O–H groups in total. The van der Waals surface area contributed by atoms with Gasteiger partial charge in [0.05, 0.1) is 17.0 Å². The molecule has 0 saturated heterocycles. The van der Waals surface area contributed by atoms with E-state index in [4.69, 9.17) is 0 Å². The number of hydrogen-bond donors (Lipinski definition) is 2. The smallest absolute Gasteiger partial charge is 0.234 e. The number of sulfonamides is 1. The van der Waals surface area contributed by atoms with Gasteiger partial charge in [0.15, 0.2) is 0 Å². The highest BCUT2D eigenvalue weighted by Crippen LogP contribution is 2.12. The Labute approximate surface area is 123 Å². The van der Waals surface area contributed by atoms with Crippen LogP contribution in [-0.2, 0) is 14.8 Å². The van der Waals surface area contributed by atoms with Crippen LogP contribution in [-0.4, -0.2) is 36.2 Å². The number of carbonyl (C=O) groups excluding carboxylic acids is 1. The molecule has 2 aromatic heterocycles.